The lowest BCUT2D eigenvalue weighted by molar-refractivity contribution is -0.117. The van der Waals surface area contributed by atoms with Crippen LogP contribution in [0.4, 0.5) is 5.69 Å². The smallest absolute Gasteiger partial charge is 0.248 e. The van der Waals surface area contributed by atoms with Gasteiger partial charge >= 0.3 is 0 Å². The Bertz CT molecular complexity index is 823. The molecule has 0 aromatic heterocycles. The number of rotatable bonds is 3. The number of aryl methyl sites for hydroxylation is 3. The van der Waals surface area contributed by atoms with E-state index in [2.05, 4.69) is 17.1 Å². The van der Waals surface area contributed by atoms with Crippen molar-refractivity contribution in [2.45, 2.75) is 51.8 Å². The third kappa shape index (κ3) is 3.62. The van der Waals surface area contributed by atoms with E-state index >= 15 is 0 Å². The number of fused-ring (bicyclic) bond motifs is 1. The fourth-order valence-electron chi connectivity index (χ4n) is 3.75. The molecule has 2 fully saturated rings. The first-order valence-electron chi connectivity index (χ1n) is 8.57. The van der Waals surface area contributed by atoms with Gasteiger partial charge in [0.25, 0.3) is 0 Å². The van der Waals surface area contributed by atoms with Crippen LogP contribution in [0.2, 0.25) is 0 Å². The molecule has 3 rings (SSSR count). The maximum atomic E-state index is 12.1. The van der Waals surface area contributed by atoms with Crippen LogP contribution in [0.25, 0.3) is 0 Å². The van der Waals surface area contributed by atoms with Crippen molar-refractivity contribution >= 4 is 38.4 Å². The first-order chi connectivity index (χ1) is 11.7. The van der Waals surface area contributed by atoms with Gasteiger partial charge in [0.2, 0.25) is 5.91 Å². The predicted molar refractivity (Wildman–Crippen MR) is 104 cm³/mol. The average molecular weight is 381 g/mol. The minimum atomic E-state index is -3.04. The number of benzene rings is 1. The highest BCUT2D eigenvalue weighted by atomic mass is 32.2. The summed E-state index contributed by atoms with van der Waals surface area (Å²) < 4.78 is 24.3. The van der Waals surface area contributed by atoms with Crippen molar-refractivity contribution in [1.29, 1.82) is 0 Å². The second kappa shape index (κ2) is 6.76. The minimum absolute atomic E-state index is 0.0571. The summed E-state index contributed by atoms with van der Waals surface area (Å²) >= 11 is 1.44. The van der Waals surface area contributed by atoms with Gasteiger partial charge in [0, 0.05) is 17.4 Å². The Morgan fingerprint density at radius 1 is 1.24 bits per heavy atom. The minimum Gasteiger partial charge on any atom is -0.315 e. The third-order valence-electron chi connectivity index (χ3n) is 4.63. The van der Waals surface area contributed by atoms with Crippen LogP contribution in [0.15, 0.2) is 17.1 Å². The monoisotopic (exact) mass is 380 g/mol. The number of carbonyl (C=O) groups is 1. The van der Waals surface area contributed by atoms with Gasteiger partial charge < -0.3 is 4.90 Å². The van der Waals surface area contributed by atoms with Crippen molar-refractivity contribution in [2.24, 2.45) is 4.99 Å². The topological polar surface area (TPSA) is 66.8 Å². The highest BCUT2D eigenvalue weighted by Crippen LogP contribution is 2.43. The fraction of sp³-hybridized carbons (Fsp3) is 0.556. The first kappa shape index (κ1) is 18.5. The highest BCUT2D eigenvalue weighted by molar-refractivity contribution is 8.16. The van der Waals surface area contributed by atoms with Crippen molar-refractivity contribution in [1.82, 2.24) is 0 Å². The van der Waals surface area contributed by atoms with Crippen LogP contribution in [-0.2, 0) is 14.6 Å². The van der Waals surface area contributed by atoms with Gasteiger partial charge in [0.1, 0.15) is 0 Å². The largest absolute Gasteiger partial charge is 0.315 e. The van der Waals surface area contributed by atoms with E-state index < -0.39 is 9.84 Å². The van der Waals surface area contributed by atoms with E-state index in [1.807, 2.05) is 32.6 Å². The molecule has 0 aliphatic carbocycles. The van der Waals surface area contributed by atoms with Crippen LogP contribution in [0, 0.1) is 20.8 Å². The Morgan fingerprint density at radius 3 is 2.48 bits per heavy atom. The molecule has 2 saturated heterocycles. The zero-order chi connectivity index (χ0) is 18.4. The lowest BCUT2D eigenvalue weighted by Gasteiger charge is -2.28. The second-order valence-electron chi connectivity index (χ2n) is 6.96. The maximum Gasteiger partial charge on any atom is 0.248 e. The zero-order valence-corrected chi connectivity index (χ0v) is 16.7. The van der Waals surface area contributed by atoms with E-state index in [9.17, 15) is 13.2 Å². The van der Waals surface area contributed by atoms with E-state index in [4.69, 9.17) is 0 Å². The van der Waals surface area contributed by atoms with Crippen molar-refractivity contribution in [3.63, 3.8) is 0 Å². The molecule has 5 nitrogen and oxygen atoms in total. The first-order valence-corrected chi connectivity index (χ1v) is 11.3. The number of carbonyl (C=O) groups excluding carboxylic acids is 1. The average Bonchev–Trinajstić information content (AvgIpc) is 2.91. The van der Waals surface area contributed by atoms with Crippen LogP contribution in [0.1, 0.15) is 36.5 Å². The van der Waals surface area contributed by atoms with Gasteiger partial charge in [-0.15, -0.1) is 0 Å². The maximum absolute atomic E-state index is 12.1. The number of amidine groups is 1. The molecule has 0 bridgehead atoms. The van der Waals surface area contributed by atoms with Crippen LogP contribution >= 0.6 is 11.8 Å². The Labute approximate surface area is 153 Å². The molecule has 136 valence electrons. The molecule has 1 amide bonds. The molecule has 2 heterocycles. The molecule has 0 radical (unpaired) electrons. The predicted octanol–water partition coefficient (Wildman–Crippen LogP) is 3.01. The summed E-state index contributed by atoms with van der Waals surface area (Å²) in [6, 6.07) is 4.04. The molecule has 1 aromatic carbocycles. The Hall–Kier alpha value is -1.34. The summed E-state index contributed by atoms with van der Waals surface area (Å²) in [5.74, 6) is 0.141. The van der Waals surface area contributed by atoms with Gasteiger partial charge in [-0.3, -0.25) is 4.79 Å². The lowest BCUT2D eigenvalue weighted by atomic mass is 10.0. The van der Waals surface area contributed by atoms with E-state index in [1.165, 1.54) is 17.3 Å². The SMILES string of the molecule is CCCC(=O)N=C1S[C@H]2CS(=O)(=O)C[C@H]2N1c1c(C)cc(C)cc1C. The van der Waals surface area contributed by atoms with Crippen LogP contribution in [-0.4, -0.2) is 42.3 Å². The molecule has 0 unspecified atom stereocenters. The Balaban J connectivity index is 2.09. The van der Waals surface area contributed by atoms with Gasteiger partial charge in [0.05, 0.1) is 17.5 Å². The summed E-state index contributed by atoms with van der Waals surface area (Å²) in [4.78, 5) is 18.4. The Kier molecular flexibility index (Phi) is 4.99. The standard InChI is InChI=1S/C18H24N2O3S2/c1-5-6-16(21)19-18-20(14-9-25(22,23)10-15(14)24-18)17-12(3)7-11(2)8-13(17)4/h7-8,14-15H,5-6,9-10H2,1-4H3/t14-,15+/m1/s1. The van der Waals surface area contributed by atoms with Crippen LogP contribution < -0.4 is 4.90 Å². The lowest BCUT2D eigenvalue weighted by Crippen LogP contribution is -2.38. The van der Waals surface area contributed by atoms with Gasteiger partial charge in [-0.2, -0.15) is 4.99 Å². The number of anilines is 1. The summed E-state index contributed by atoms with van der Waals surface area (Å²) in [5.41, 5.74) is 4.32. The van der Waals surface area contributed by atoms with Gasteiger partial charge in [-0.05, 0) is 38.3 Å². The molecular formula is C18H24N2O3S2. The summed E-state index contributed by atoms with van der Waals surface area (Å²) in [7, 11) is -3.04. The highest BCUT2D eigenvalue weighted by Gasteiger charge is 2.49. The van der Waals surface area contributed by atoms with Crippen LogP contribution in [0.5, 0.6) is 0 Å². The fourth-order valence-corrected chi connectivity index (χ4v) is 7.67. The summed E-state index contributed by atoms with van der Waals surface area (Å²) in [6.07, 6.45) is 1.17. The van der Waals surface area contributed by atoms with Crippen molar-refractivity contribution < 1.29 is 13.2 Å². The van der Waals surface area contributed by atoms with Gasteiger partial charge in [0.15, 0.2) is 15.0 Å². The number of hydrogen-bond donors (Lipinski definition) is 0. The molecule has 0 saturated carbocycles. The van der Waals surface area contributed by atoms with E-state index in [0.29, 0.717) is 11.6 Å². The number of nitrogens with zero attached hydrogens (tertiary/aromatic N) is 2. The Morgan fingerprint density at radius 2 is 1.88 bits per heavy atom. The molecule has 0 N–H and O–H groups in total. The molecule has 1 aromatic rings. The second-order valence-corrected chi connectivity index (χ2v) is 10.3. The van der Waals surface area contributed by atoms with Crippen LogP contribution in [0.3, 0.4) is 0 Å². The van der Waals surface area contributed by atoms with Gasteiger partial charge in [-0.25, -0.2) is 8.42 Å². The normalized spacial score (nSPS) is 26.2. The number of hydrogen-bond acceptors (Lipinski definition) is 4. The van der Waals surface area contributed by atoms with Crippen molar-refractivity contribution in [3.8, 4) is 0 Å². The molecule has 0 spiro atoms. The number of thioether (sulfide) groups is 1. The molecule has 25 heavy (non-hydrogen) atoms. The third-order valence-corrected chi connectivity index (χ3v) is 7.84. The van der Waals surface area contributed by atoms with E-state index in [1.54, 1.807) is 0 Å². The molecule has 7 heteroatoms. The van der Waals surface area contributed by atoms with E-state index in [0.717, 1.165) is 23.2 Å². The molecular weight excluding hydrogens is 356 g/mol. The summed E-state index contributed by atoms with van der Waals surface area (Å²) in [6.45, 7) is 8.06. The summed E-state index contributed by atoms with van der Waals surface area (Å²) in [5, 5.41) is 0.594. The number of aliphatic imine (C=N–C) groups is 1. The van der Waals surface area contributed by atoms with Crippen molar-refractivity contribution in [2.75, 3.05) is 16.4 Å². The zero-order valence-electron chi connectivity index (χ0n) is 15.1. The number of amides is 1. The molecule has 2 atom stereocenters. The van der Waals surface area contributed by atoms with Gasteiger partial charge in [-0.1, -0.05) is 36.4 Å². The van der Waals surface area contributed by atoms with Crippen molar-refractivity contribution in [3.05, 3.63) is 28.8 Å². The molecule has 2 aliphatic heterocycles. The number of sulfone groups is 1. The quantitative estimate of drug-likeness (QED) is 0.806. The molecule has 2 aliphatic rings. The van der Waals surface area contributed by atoms with E-state index in [-0.39, 0.29) is 28.7 Å².